The molecule has 1 heterocycles. The first-order valence-electron chi connectivity index (χ1n) is 8.29. The summed E-state index contributed by atoms with van der Waals surface area (Å²) < 4.78 is 0. The van der Waals surface area contributed by atoms with Crippen LogP contribution in [0.25, 0.3) is 0 Å². The first-order chi connectivity index (χ1) is 9.65. The molecule has 0 aromatic rings. The van der Waals surface area contributed by atoms with E-state index >= 15 is 0 Å². The fraction of sp³-hybridized carbons (Fsp3) is 0.938. The Morgan fingerprint density at radius 3 is 2.55 bits per heavy atom. The molecule has 2 rings (SSSR count). The Morgan fingerprint density at radius 1 is 1.25 bits per heavy atom. The average Bonchev–Trinajstić information content (AvgIpc) is 2.74. The molecule has 1 saturated heterocycles. The first-order valence-corrected chi connectivity index (χ1v) is 8.29. The third kappa shape index (κ3) is 4.19. The maximum absolute atomic E-state index is 12.3. The number of nitrogens with one attached hydrogen (secondary N) is 1. The average molecular weight is 282 g/mol. The number of hydrogen-bond donors (Lipinski definition) is 2. The number of amides is 1. The van der Waals surface area contributed by atoms with Crippen LogP contribution in [0, 0.1) is 5.92 Å². The zero-order valence-electron chi connectivity index (χ0n) is 12.9. The van der Waals surface area contributed by atoms with E-state index in [2.05, 4.69) is 12.2 Å². The van der Waals surface area contributed by atoms with E-state index in [-0.39, 0.29) is 18.1 Å². The van der Waals surface area contributed by atoms with Crippen molar-refractivity contribution in [2.24, 2.45) is 5.92 Å². The Balaban J connectivity index is 1.84. The Morgan fingerprint density at radius 2 is 1.95 bits per heavy atom. The third-order valence-electron chi connectivity index (χ3n) is 4.97. The van der Waals surface area contributed by atoms with Crippen LogP contribution < -0.4 is 5.32 Å². The molecule has 1 saturated carbocycles. The molecule has 1 aliphatic carbocycles. The SMILES string of the molecule is CC1CCCC(CO)(NCC(=O)N2CCCCCC2)C1. The maximum Gasteiger partial charge on any atom is 0.236 e. The topological polar surface area (TPSA) is 52.6 Å². The number of aliphatic hydroxyl groups is 1. The highest BCUT2D eigenvalue weighted by Crippen LogP contribution is 2.31. The summed E-state index contributed by atoms with van der Waals surface area (Å²) in [5, 5.41) is 13.1. The molecule has 2 N–H and O–H groups in total. The number of likely N-dealkylation sites (tertiary alicyclic amines) is 1. The van der Waals surface area contributed by atoms with E-state index in [9.17, 15) is 9.90 Å². The lowest BCUT2D eigenvalue weighted by Crippen LogP contribution is -2.54. The van der Waals surface area contributed by atoms with Crippen LogP contribution >= 0.6 is 0 Å². The smallest absolute Gasteiger partial charge is 0.236 e. The molecule has 0 aromatic heterocycles. The molecule has 1 aliphatic heterocycles. The van der Waals surface area contributed by atoms with Crippen molar-refractivity contribution in [2.75, 3.05) is 26.2 Å². The van der Waals surface area contributed by atoms with Crippen LogP contribution in [0.5, 0.6) is 0 Å². The van der Waals surface area contributed by atoms with Gasteiger partial charge in [-0.05, 0) is 31.6 Å². The fourth-order valence-electron chi connectivity index (χ4n) is 3.72. The normalized spacial score (nSPS) is 31.9. The summed E-state index contributed by atoms with van der Waals surface area (Å²) in [6.07, 6.45) is 9.11. The highest BCUT2D eigenvalue weighted by atomic mass is 16.3. The number of aliphatic hydroxyl groups excluding tert-OH is 1. The summed E-state index contributed by atoms with van der Waals surface area (Å²) in [5.41, 5.74) is -0.223. The van der Waals surface area contributed by atoms with Gasteiger partial charge in [0.2, 0.25) is 5.91 Å². The second-order valence-electron chi connectivity index (χ2n) is 6.79. The van der Waals surface area contributed by atoms with Gasteiger partial charge in [0.05, 0.1) is 13.2 Å². The molecule has 2 fully saturated rings. The quantitative estimate of drug-likeness (QED) is 0.828. The van der Waals surface area contributed by atoms with Crippen molar-refractivity contribution in [3.63, 3.8) is 0 Å². The molecule has 1 amide bonds. The van der Waals surface area contributed by atoms with E-state index in [1.807, 2.05) is 4.90 Å². The van der Waals surface area contributed by atoms with Gasteiger partial charge >= 0.3 is 0 Å². The molecule has 116 valence electrons. The highest BCUT2D eigenvalue weighted by Gasteiger charge is 2.34. The molecule has 4 nitrogen and oxygen atoms in total. The number of carbonyl (C=O) groups excluding carboxylic acids is 1. The van der Waals surface area contributed by atoms with Gasteiger partial charge in [-0.15, -0.1) is 0 Å². The lowest BCUT2D eigenvalue weighted by Gasteiger charge is -2.39. The summed E-state index contributed by atoms with van der Waals surface area (Å²) in [7, 11) is 0. The summed E-state index contributed by atoms with van der Waals surface area (Å²) in [5.74, 6) is 0.842. The fourth-order valence-corrected chi connectivity index (χ4v) is 3.72. The van der Waals surface area contributed by atoms with Crippen LogP contribution in [-0.4, -0.2) is 47.7 Å². The molecule has 2 unspecified atom stereocenters. The monoisotopic (exact) mass is 282 g/mol. The summed E-state index contributed by atoms with van der Waals surface area (Å²) in [6, 6.07) is 0. The summed E-state index contributed by atoms with van der Waals surface area (Å²) >= 11 is 0. The van der Waals surface area contributed by atoms with Gasteiger partial charge in [0.1, 0.15) is 0 Å². The first kappa shape index (κ1) is 15.8. The van der Waals surface area contributed by atoms with Gasteiger partial charge in [-0.1, -0.05) is 32.6 Å². The minimum atomic E-state index is -0.223. The minimum Gasteiger partial charge on any atom is -0.394 e. The van der Waals surface area contributed by atoms with Gasteiger partial charge < -0.3 is 15.3 Å². The molecular weight excluding hydrogens is 252 g/mol. The predicted octanol–water partition coefficient (Wildman–Crippen LogP) is 1.92. The van der Waals surface area contributed by atoms with Gasteiger partial charge in [0.15, 0.2) is 0 Å². The number of rotatable bonds is 4. The molecule has 0 aromatic carbocycles. The molecule has 2 atom stereocenters. The van der Waals surface area contributed by atoms with E-state index in [0.29, 0.717) is 12.5 Å². The van der Waals surface area contributed by atoms with Crippen molar-refractivity contribution in [1.29, 1.82) is 0 Å². The van der Waals surface area contributed by atoms with Gasteiger partial charge in [-0.25, -0.2) is 0 Å². The predicted molar refractivity (Wildman–Crippen MR) is 80.5 cm³/mol. The second-order valence-corrected chi connectivity index (χ2v) is 6.79. The van der Waals surface area contributed by atoms with E-state index < -0.39 is 0 Å². The molecule has 0 radical (unpaired) electrons. The van der Waals surface area contributed by atoms with Crippen LogP contribution in [-0.2, 0) is 4.79 Å². The standard InChI is InChI=1S/C16H30N2O2/c1-14-7-6-8-16(11-14,13-19)17-12-15(20)18-9-4-2-3-5-10-18/h14,17,19H,2-13H2,1H3. The zero-order valence-corrected chi connectivity index (χ0v) is 12.9. The molecular formula is C16H30N2O2. The maximum atomic E-state index is 12.3. The van der Waals surface area contributed by atoms with Crippen LogP contribution in [0.4, 0.5) is 0 Å². The van der Waals surface area contributed by atoms with Crippen LogP contribution in [0.2, 0.25) is 0 Å². The van der Waals surface area contributed by atoms with E-state index in [4.69, 9.17) is 0 Å². The molecule has 0 spiro atoms. The number of carbonyl (C=O) groups is 1. The van der Waals surface area contributed by atoms with E-state index in [0.717, 1.165) is 45.2 Å². The molecule has 20 heavy (non-hydrogen) atoms. The van der Waals surface area contributed by atoms with Crippen molar-refractivity contribution in [3.05, 3.63) is 0 Å². The van der Waals surface area contributed by atoms with Crippen molar-refractivity contribution in [1.82, 2.24) is 10.2 Å². The van der Waals surface area contributed by atoms with Gasteiger partial charge in [-0.3, -0.25) is 4.79 Å². The van der Waals surface area contributed by atoms with Crippen LogP contribution in [0.15, 0.2) is 0 Å². The van der Waals surface area contributed by atoms with Gasteiger partial charge in [0.25, 0.3) is 0 Å². The van der Waals surface area contributed by atoms with Crippen LogP contribution in [0.3, 0.4) is 0 Å². The van der Waals surface area contributed by atoms with E-state index in [1.165, 1.54) is 19.3 Å². The Kier molecular flexibility index (Phi) is 5.85. The third-order valence-corrected chi connectivity index (χ3v) is 4.97. The number of nitrogens with zero attached hydrogens (tertiary/aromatic N) is 1. The van der Waals surface area contributed by atoms with Gasteiger partial charge in [-0.2, -0.15) is 0 Å². The Hall–Kier alpha value is -0.610. The zero-order chi connectivity index (χ0) is 14.4. The molecule has 2 aliphatic rings. The summed E-state index contributed by atoms with van der Waals surface area (Å²) in [4.78, 5) is 14.3. The summed E-state index contributed by atoms with van der Waals surface area (Å²) in [6.45, 7) is 4.58. The van der Waals surface area contributed by atoms with Crippen molar-refractivity contribution < 1.29 is 9.90 Å². The largest absolute Gasteiger partial charge is 0.394 e. The second kappa shape index (κ2) is 7.41. The highest BCUT2D eigenvalue weighted by molar-refractivity contribution is 5.78. The van der Waals surface area contributed by atoms with Crippen molar-refractivity contribution in [2.45, 2.75) is 63.8 Å². The molecule has 0 bridgehead atoms. The van der Waals surface area contributed by atoms with Crippen LogP contribution in [0.1, 0.15) is 58.3 Å². The van der Waals surface area contributed by atoms with Gasteiger partial charge in [0, 0.05) is 18.6 Å². The lowest BCUT2D eigenvalue weighted by molar-refractivity contribution is -0.130. The molecule has 4 heteroatoms. The Bertz CT molecular complexity index is 314. The van der Waals surface area contributed by atoms with Crippen molar-refractivity contribution >= 4 is 5.91 Å². The number of hydrogen-bond acceptors (Lipinski definition) is 3. The Labute approximate surface area is 122 Å². The lowest BCUT2D eigenvalue weighted by atomic mass is 9.77. The van der Waals surface area contributed by atoms with E-state index in [1.54, 1.807) is 0 Å². The minimum absolute atomic E-state index is 0.143. The van der Waals surface area contributed by atoms with Crippen molar-refractivity contribution in [3.8, 4) is 0 Å².